The van der Waals surface area contributed by atoms with Crippen LogP contribution in [-0.4, -0.2) is 42.2 Å². The summed E-state index contributed by atoms with van der Waals surface area (Å²) in [6, 6.07) is 17.2. The zero-order valence-electron chi connectivity index (χ0n) is 18.9. The molecule has 0 saturated carbocycles. The first-order valence-electron chi connectivity index (χ1n) is 10.9. The molecule has 0 aliphatic rings. The van der Waals surface area contributed by atoms with Crippen LogP contribution in [0.4, 0.5) is 5.69 Å². The number of hydrogen-bond acceptors (Lipinski definition) is 5. The third-order valence-corrected chi connectivity index (χ3v) is 5.16. The number of carbonyl (C=O) groups is 1. The zero-order valence-corrected chi connectivity index (χ0v) is 18.9. The molecule has 6 nitrogen and oxygen atoms in total. The predicted octanol–water partition coefficient (Wildman–Crippen LogP) is 3.63. The number of carbonyl (C=O) groups excluding carboxylic acids is 1. The quantitative estimate of drug-likeness (QED) is 0.292. The second-order valence-corrected chi connectivity index (χ2v) is 7.70. The molecule has 6 heteroatoms. The fraction of sp³-hybridized carbons (Fsp3) is 0.400. The van der Waals surface area contributed by atoms with Gasteiger partial charge < -0.3 is 20.7 Å². The van der Waals surface area contributed by atoms with Crippen LogP contribution < -0.4 is 16.1 Å². The predicted molar refractivity (Wildman–Crippen MR) is 127 cm³/mol. The van der Waals surface area contributed by atoms with Gasteiger partial charge in [0.1, 0.15) is 6.04 Å². The van der Waals surface area contributed by atoms with E-state index in [9.17, 15) is 9.90 Å². The van der Waals surface area contributed by atoms with Gasteiger partial charge in [0.05, 0.1) is 6.10 Å². The summed E-state index contributed by atoms with van der Waals surface area (Å²) in [5.41, 5.74) is 6.72. The monoisotopic (exact) mass is 424 g/mol. The van der Waals surface area contributed by atoms with Crippen LogP contribution in [0.2, 0.25) is 0 Å². The van der Waals surface area contributed by atoms with E-state index in [1.165, 1.54) is 5.56 Å². The molecule has 2 atom stereocenters. The molecule has 0 fully saturated rings. The molecule has 0 aromatic heterocycles. The molecule has 2 aromatic rings. The van der Waals surface area contributed by atoms with Crippen molar-refractivity contribution >= 4 is 11.6 Å². The van der Waals surface area contributed by atoms with Gasteiger partial charge in [0, 0.05) is 25.0 Å². The standard InChI is InChI=1S/C25H36N4O2/c1-5-9-23(29(26-4)19(2)3)25(31)28-22-14-12-20(13-15-22)16-17-27-18-24(30)21-10-7-6-8-11-21/h6-8,10-15,23-24,26-27,30H,2,5,9,16-18H2,1,3-4H3,(H,28,31)/t23?,24-/m0/s1. The van der Waals surface area contributed by atoms with E-state index in [1.807, 2.05) is 66.5 Å². The molecule has 31 heavy (non-hydrogen) atoms. The Balaban J connectivity index is 1.82. The Morgan fingerprint density at radius 2 is 1.81 bits per heavy atom. The summed E-state index contributed by atoms with van der Waals surface area (Å²) in [5.74, 6) is -0.0523. The van der Waals surface area contributed by atoms with E-state index in [-0.39, 0.29) is 11.9 Å². The number of aliphatic hydroxyl groups is 1. The van der Waals surface area contributed by atoms with Crippen LogP contribution in [0.3, 0.4) is 0 Å². The van der Waals surface area contributed by atoms with Gasteiger partial charge in [-0.2, -0.15) is 0 Å². The lowest BCUT2D eigenvalue weighted by atomic mass is 10.1. The number of hydrazine groups is 1. The van der Waals surface area contributed by atoms with E-state index < -0.39 is 6.10 Å². The van der Waals surface area contributed by atoms with E-state index in [2.05, 4.69) is 29.6 Å². The highest BCUT2D eigenvalue weighted by atomic mass is 16.3. The van der Waals surface area contributed by atoms with Crippen molar-refractivity contribution in [1.29, 1.82) is 0 Å². The molecule has 1 amide bonds. The van der Waals surface area contributed by atoms with Crippen LogP contribution in [-0.2, 0) is 11.2 Å². The molecular formula is C25H36N4O2. The maximum Gasteiger partial charge on any atom is 0.248 e. The van der Waals surface area contributed by atoms with Crippen LogP contribution >= 0.6 is 0 Å². The van der Waals surface area contributed by atoms with Gasteiger partial charge in [-0.15, -0.1) is 0 Å². The lowest BCUT2D eigenvalue weighted by Crippen LogP contribution is -2.48. The van der Waals surface area contributed by atoms with Crippen molar-refractivity contribution in [2.45, 2.75) is 45.3 Å². The number of benzene rings is 2. The SMILES string of the molecule is C=C(C)N(NC)C(CCC)C(=O)Nc1ccc(CCNC[C@H](O)c2ccccc2)cc1. The second kappa shape index (κ2) is 12.9. The summed E-state index contributed by atoms with van der Waals surface area (Å²) in [6.07, 6.45) is 1.97. The van der Waals surface area contributed by atoms with Crippen LogP contribution in [0.15, 0.2) is 66.9 Å². The van der Waals surface area contributed by atoms with Gasteiger partial charge in [0.2, 0.25) is 5.91 Å². The minimum Gasteiger partial charge on any atom is -0.387 e. The molecule has 0 saturated heterocycles. The number of aliphatic hydroxyl groups excluding tert-OH is 1. The first-order chi connectivity index (χ1) is 15.0. The van der Waals surface area contributed by atoms with Gasteiger partial charge in [-0.05, 0) is 49.6 Å². The Morgan fingerprint density at radius 3 is 2.39 bits per heavy atom. The minimum absolute atomic E-state index is 0.0523. The van der Waals surface area contributed by atoms with Gasteiger partial charge >= 0.3 is 0 Å². The van der Waals surface area contributed by atoms with Crippen LogP contribution in [0, 0.1) is 0 Å². The maximum absolute atomic E-state index is 12.8. The molecule has 0 heterocycles. The summed E-state index contributed by atoms with van der Waals surface area (Å²) in [7, 11) is 1.80. The lowest BCUT2D eigenvalue weighted by molar-refractivity contribution is -0.121. The Bertz CT molecular complexity index is 808. The molecule has 0 radical (unpaired) electrons. The minimum atomic E-state index is -0.508. The van der Waals surface area contributed by atoms with E-state index in [4.69, 9.17) is 0 Å². The maximum atomic E-state index is 12.8. The Morgan fingerprint density at radius 1 is 1.13 bits per heavy atom. The fourth-order valence-corrected chi connectivity index (χ4v) is 3.51. The van der Waals surface area contributed by atoms with Gasteiger partial charge in [-0.25, -0.2) is 5.43 Å². The van der Waals surface area contributed by atoms with E-state index in [0.29, 0.717) is 6.54 Å². The normalized spacial score (nSPS) is 12.8. The van der Waals surface area contributed by atoms with E-state index >= 15 is 0 Å². The molecular weight excluding hydrogens is 388 g/mol. The van der Waals surface area contributed by atoms with Crippen molar-refractivity contribution in [1.82, 2.24) is 15.8 Å². The number of allylic oxidation sites excluding steroid dienone is 1. The smallest absolute Gasteiger partial charge is 0.248 e. The molecule has 168 valence electrons. The highest BCUT2D eigenvalue weighted by Crippen LogP contribution is 2.15. The van der Waals surface area contributed by atoms with Gasteiger partial charge in [-0.3, -0.25) is 4.79 Å². The van der Waals surface area contributed by atoms with Crippen LogP contribution in [0.5, 0.6) is 0 Å². The number of nitrogens with one attached hydrogen (secondary N) is 3. The summed E-state index contributed by atoms with van der Waals surface area (Å²) in [6.45, 7) is 9.19. The van der Waals surface area contributed by atoms with Gasteiger partial charge in [0.25, 0.3) is 0 Å². The van der Waals surface area contributed by atoms with Gasteiger partial charge in [0.15, 0.2) is 0 Å². The highest BCUT2D eigenvalue weighted by Gasteiger charge is 2.24. The molecule has 0 aliphatic heterocycles. The van der Waals surface area contributed by atoms with E-state index in [0.717, 1.165) is 42.8 Å². The molecule has 0 bridgehead atoms. The third kappa shape index (κ3) is 7.83. The van der Waals surface area contributed by atoms with Crippen LogP contribution in [0.1, 0.15) is 43.9 Å². The number of hydrogen-bond donors (Lipinski definition) is 4. The van der Waals surface area contributed by atoms with Crippen molar-refractivity contribution in [3.63, 3.8) is 0 Å². The number of nitrogens with zero attached hydrogens (tertiary/aromatic N) is 1. The lowest BCUT2D eigenvalue weighted by Gasteiger charge is -2.31. The average Bonchev–Trinajstić information content (AvgIpc) is 2.78. The Labute approximate surface area is 186 Å². The molecule has 2 aromatic carbocycles. The molecule has 1 unspecified atom stereocenters. The molecule has 4 N–H and O–H groups in total. The van der Waals surface area contributed by atoms with Crippen molar-refractivity contribution in [3.05, 3.63) is 78.0 Å². The second-order valence-electron chi connectivity index (χ2n) is 7.70. The van der Waals surface area contributed by atoms with Crippen molar-refractivity contribution < 1.29 is 9.90 Å². The third-order valence-electron chi connectivity index (χ3n) is 5.16. The summed E-state index contributed by atoms with van der Waals surface area (Å²) in [5, 5.41) is 18.3. The number of amides is 1. The highest BCUT2D eigenvalue weighted by molar-refractivity contribution is 5.94. The first-order valence-corrected chi connectivity index (χ1v) is 10.9. The zero-order chi connectivity index (χ0) is 22.6. The fourth-order valence-electron chi connectivity index (χ4n) is 3.51. The van der Waals surface area contributed by atoms with E-state index in [1.54, 1.807) is 7.05 Å². The average molecular weight is 425 g/mol. The summed E-state index contributed by atoms with van der Waals surface area (Å²) < 4.78 is 0. The topological polar surface area (TPSA) is 76.6 Å². The molecule has 2 rings (SSSR count). The summed E-state index contributed by atoms with van der Waals surface area (Å²) in [4.78, 5) is 12.8. The summed E-state index contributed by atoms with van der Waals surface area (Å²) >= 11 is 0. The first kappa shape index (κ1) is 24.6. The number of rotatable bonds is 13. The van der Waals surface area contributed by atoms with Gasteiger partial charge in [-0.1, -0.05) is 62.4 Å². The Hall–Kier alpha value is -2.67. The molecule has 0 spiro atoms. The number of anilines is 1. The largest absolute Gasteiger partial charge is 0.387 e. The van der Waals surface area contributed by atoms with Crippen molar-refractivity contribution in [2.24, 2.45) is 0 Å². The van der Waals surface area contributed by atoms with Crippen molar-refractivity contribution in [3.8, 4) is 0 Å². The Kier molecular flexibility index (Phi) is 10.2. The van der Waals surface area contributed by atoms with Crippen LogP contribution in [0.25, 0.3) is 0 Å². The molecule has 0 aliphatic carbocycles. The van der Waals surface area contributed by atoms with Crippen molar-refractivity contribution in [2.75, 3.05) is 25.5 Å².